The summed E-state index contributed by atoms with van der Waals surface area (Å²) in [6, 6.07) is 0. The minimum atomic E-state index is -0.403. The smallest absolute Gasteiger partial charge is 0.410 e. The van der Waals surface area contributed by atoms with Gasteiger partial charge in [0.15, 0.2) is 0 Å². The Hall–Kier alpha value is -0.770. The Kier molecular flexibility index (Phi) is 5.76. The molecule has 0 aromatic rings. The zero-order valence-corrected chi connectivity index (χ0v) is 14.9. The van der Waals surface area contributed by atoms with Crippen LogP contribution < -0.4 is 5.32 Å². The van der Waals surface area contributed by atoms with Gasteiger partial charge in [-0.1, -0.05) is 19.8 Å². The van der Waals surface area contributed by atoms with Crippen molar-refractivity contribution in [1.29, 1.82) is 0 Å². The van der Waals surface area contributed by atoms with Crippen molar-refractivity contribution >= 4 is 6.09 Å². The molecule has 2 rings (SSSR count). The van der Waals surface area contributed by atoms with Gasteiger partial charge in [-0.3, -0.25) is 0 Å². The van der Waals surface area contributed by atoms with Crippen LogP contribution in [0.3, 0.4) is 0 Å². The molecule has 0 saturated carbocycles. The molecular formula is C18H34N2O2. The van der Waals surface area contributed by atoms with E-state index < -0.39 is 5.60 Å². The molecule has 0 aliphatic carbocycles. The second kappa shape index (κ2) is 7.20. The second-order valence-corrected chi connectivity index (χ2v) is 8.13. The predicted octanol–water partition coefficient (Wildman–Crippen LogP) is 3.80. The number of piperidine rings is 2. The van der Waals surface area contributed by atoms with Crippen LogP contribution in [-0.4, -0.2) is 42.8 Å². The number of hydrogen-bond acceptors (Lipinski definition) is 3. The number of likely N-dealkylation sites (tertiary alicyclic amines) is 1. The van der Waals surface area contributed by atoms with Crippen molar-refractivity contribution in [3.8, 4) is 0 Å². The van der Waals surface area contributed by atoms with Gasteiger partial charge in [0.05, 0.1) is 0 Å². The molecule has 2 aliphatic heterocycles. The van der Waals surface area contributed by atoms with Gasteiger partial charge in [0, 0.05) is 13.1 Å². The number of carbonyl (C=O) groups is 1. The summed E-state index contributed by atoms with van der Waals surface area (Å²) in [4.78, 5) is 14.4. The van der Waals surface area contributed by atoms with Gasteiger partial charge < -0.3 is 15.0 Å². The Bertz CT molecular complexity index is 370. The van der Waals surface area contributed by atoms with E-state index in [4.69, 9.17) is 4.74 Å². The molecule has 2 heterocycles. The summed E-state index contributed by atoms with van der Waals surface area (Å²) >= 11 is 0. The van der Waals surface area contributed by atoms with Crippen LogP contribution in [0.4, 0.5) is 4.79 Å². The van der Waals surface area contributed by atoms with Crippen LogP contribution in [0.1, 0.15) is 66.2 Å². The van der Waals surface area contributed by atoms with E-state index in [9.17, 15) is 4.79 Å². The SMILES string of the molecule is CCCC[C@H]1CN(C(=O)OC(C)(C)C)CCC12CCNCC2. The Labute approximate surface area is 136 Å². The third-order valence-electron chi connectivity index (χ3n) is 5.34. The molecule has 1 atom stereocenters. The normalized spacial score (nSPS) is 25.3. The number of rotatable bonds is 3. The molecule has 1 amide bonds. The monoisotopic (exact) mass is 310 g/mol. The standard InChI is InChI=1S/C18H34N2O2/c1-5-6-7-15-14-20(16(21)22-17(2,3)4)13-10-18(15)8-11-19-12-9-18/h15,19H,5-14H2,1-4H3/t15-/m0/s1. The first-order valence-corrected chi connectivity index (χ1v) is 9.05. The lowest BCUT2D eigenvalue weighted by Gasteiger charge is -2.50. The van der Waals surface area contributed by atoms with Crippen molar-refractivity contribution in [3.05, 3.63) is 0 Å². The molecule has 0 aromatic heterocycles. The molecule has 128 valence electrons. The summed E-state index contributed by atoms with van der Waals surface area (Å²) in [6.45, 7) is 12.1. The van der Waals surface area contributed by atoms with Crippen LogP contribution in [0.15, 0.2) is 0 Å². The fourth-order valence-corrected chi connectivity index (χ4v) is 4.04. The molecule has 2 aliphatic rings. The van der Waals surface area contributed by atoms with Crippen molar-refractivity contribution in [2.75, 3.05) is 26.2 Å². The van der Waals surface area contributed by atoms with E-state index in [-0.39, 0.29) is 6.09 Å². The molecule has 4 heteroatoms. The van der Waals surface area contributed by atoms with E-state index in [0.29, 0.717) is 11.3 Å². The highest BCUT2D eigenvalue weighted by molar-refractivity contribution is 5.68. The van der Waals surface area contributed by atoms with E-state index in [2.05, 4.69) is 12.2 Å². The van der Waals surface area contributed by atoms with Crippen LogP contribution in [0, 0.1) is 11.3 Å². The number of ether oxygens (including phenoxy) is 1. The first kappa shape index (κ1) is 17.6. The third kappa shape index (κ3) is 4.37. The number of hydrogen-bond donors (Lipinski definition) is 1. The lowest BCUT2D eigenvalue weighted by atomic mass is 9.63. The first-order valence-electron chi connectivity index (χ1n) is 9.05. The van der Waals surface area contributed by atoms with Gasteiger partial charge in [0.2, 0.25) is 0 Å². The lowest BCUT2D eigenvalue weighted by molar-refractivity contribution is -0.0221. The maximum atomic E-state index is 12.4. The van der Waals surface area contributed by atoms with Crippen molar-refractivity contribution in [3.63, 3.8) is 0 Å². The molecular weight excluding hydrogens is 276 g/mol. The average Bonchev–Trinajstić information content (AvgIpc) is 2.45. The number of nitrogens with zero attached hydrogens (tertiary/aromatic N) is 1. The van der Waals surface area contributed by atoms with Gasteiger partial charge in [-0.25, -0.2) is 4.79 Å². The molecule has 4 nitrogen and oxygen atoms in total. The van der Waals surface area contributed by atoms with Gasteiger partial charge >= 0.3 is 6.09 Å². The quantitative estimate of drug-likeness (QED) is 0.862. The van der Waals surface area contributed by atoms with Crippen molar-refractivity contribution in [1.82, 2.24) is 10.2 Å². The molecule has 0 radical (unpaired) electrons. The lowest BCUT2D eigenvalue weighted by Crippen LogP contribution is -2.53. The van der Waals surface area contributed by atoms with Gasteiger partial charge in [0.25, 0.3) is 0 Å². The van der Waals surface area contributed by atoms with Crippen LogP contribution in [0.5, 0.6) is 0 Å². The van der Waals surface area contributed by atoms with E-state index >= 15 is 0 Å². The minimum Gasteiger partial charge on any atom is -0.444 e. The summed E-state index contributed by atoms with van der Waals surface area (Å²) in [5, 5.41) is 3.49. The largest absolute Gasteiger partial charge is 0.444 e. The van der Waals surface area contributed by atoms with E-state index in [1.165, 1.54) is 32.1 Å². The van der Waals surface area contributed by atoms with Gasteiger partial charge in [0.1, 0.15) is 5.60 Å². The average molecular weight is 310 g/mol. The van der Waals surface area contributed by atoms with Crippen molar-refractivity contribution in [2.24, 2.45) is 11.3 Å². The number of unbranched alkanes of at least 4 members (excludes halogenated alkanes) is 1. The van der Waals surface area contributed by atoms with Crippen molar-refractivity contribution in [2.45, 2.75) is 71.8 Å². The zero-order valence-electron chi connectivity index (χ0n) is 14.9. The highest BCUT2D eigenvalue weighted by atomic mass is 16.6. The fraction of sp³-hybridized carbons (Fsp3) is 0.944. The molecule has 0 aromatic carbocycles. The number of amides is 1. The highest BCUT2D eigenvalue weighted by Gasteiger charge is 2.44. The third-order valence-corrected chi connectivity index (χ3v) is 5.34. The number of nitrogens with one attached hydrogen (secondary N) is 1. The summed E-state index contributed by atoms with van der Waals surface area (Å²) < 4.78 is 5.58. The first-order chi connectivity index (χ1) is 10.4. The van der Waals surface area contributed by atoms with Gasteiger partial charge in [-0.15, -0.1) is 0 Å². The zero-order chi connectivity index (χ0) is 16.2. The molecule has 0 bridgehead atoms. The Balaban J connectivity index is 2.03. The Morgan fingerprint density at radius 1 is 1.27 bits per heavy atom. The van der Waals surface area contributed by atoms with Crippen LogP contribution in [0.2, 0.25) is 0 Å². The summed E-state index contributed by atoms with van der Waals surface area (Å²) in [5.41, 5.74) is 0.0544. The van der Waals surface area contributed by atoms with E-state index in [1.807, 2.05) is 25.7 Å². The molecule has 1 spiro atoms. The summed E-state index contributed by atoms with van der Waals surface area (Å²) in [5.74, 6) is 0.635. The van der Waals surface area contributed by atoms with Crippen molar-refractivity contribution < 1.29 is 9.53 Å². The Morgan fingerprint density at radius 3 is 2.55 bits per heavy atom. The van der Waals surface area contributed by atoms with Crippen LogP contribution >= 0.6 is 0 Å². The Morgan fingerprint density at radius 2 is 1.95 bits per heavy atom. The molecule has 2 fully saturated rings. The topological polar surface area (TPSA) is 41.6 Å². The van der Waals surface area contributed by atoms with Crippen LogP contribution in [-0.2, 0) is 4.74 Å². The van der Waals surface area contributed by atoms with Crippen LogP contribution in [0.25, 0.3) is 0 Å². The predicted molar refractivity (Wildman–Crippen MR) is 90.0 cm³/mol. The number of carbonyl (C=O) groups excluding carboxylic acids is 1. The second-order valence-electron chi connectivity index (χ2n) is 8.13. The molecule has 2 saturated heterocycles. The highest BCUT2D eigenvalue weighted by Crippen LogP contribution is 2.46. The summed E-state index contributed by atoms with van der Waals surface area (Å²) in [6.07, 6.45) is 7.29. The van der Waals surface area contributed by atoms with E-state index in [0.717, 1.165) is 32.6 Å². The maximum absolute atomic E-state index is 12.4. The van der Waals surface area contributed by atoms with E-state index in [1.54, 1.807) is 0 Å². The molecule has 1 N–H and O–H groups in total. The summed E-state index contributed by atoms with van der Waals surface area (Å²) in [7, 11) is 0. The molecule has 22 heavy (non-hydrogen) atoms. The van der Waals surface area contributed by atoms with Gasteiger partial charge in [-0.05, 0) is 70.9 Å². The maximum Gasteiger partial charge on any atom is 0.410 e. The minimum absolute atomic E-state index is 0.127. The van der Waals surface area contributed by atoms with Gasteiger partial charge in [-0.2, -0.15) is 0 Å². The molecule has 0 unspecified atom stereocenters. The fourth-order valence-electron chi connectivity index (χ4n) is 4.04.